The van der Waals surface area contributed by atoms with Crippen LogP contribution in [0.25, 0.3) is 0 Å². The van der Waals surface area contributed by atoms with Crippen LogP contribution < -0.4 is 4.74 Å². The summed E-state index contributed by atoms with van der Waals surface area (Å²) in [5.74, 6) is -0.709. The van der Waals surface area contributed by atoms with Crippen molar-refractivity contribution in [2.45, 2.75) is 6.18 Å². The van der Waals surface area contributed by atoms with E-state index in [9.17, 15) is 27.9 Å². The van der Waals surface area contributed by atoms with Crippen molar-refractivity contribution in [3.63, 3.8) is 0 Å². The van der Waals surface area contributed by atoms with Crippen LogP contribution in [0.1, 0.15) is 26.3 Å². The van der Waals surface area contributed by atoms with E-state index in [-0.39, 0.29) is 43.1 Å². The summed E-state index contributed by atoms with van der Waals surface area (Å²) >= 11 is 0. The van der Waals surface area contributed by atoms with Gasteiger partial charge >= 0.3 is 6.18 Å². The third-order valence-corrected chi connectivity index (χ3v) is 4.73. The highest BCUT2D eigenvalue weighted by atomic mass is 19.4. The van der Waals surface area contributed by atoms with Gasteiger partial charge in [-0.15, -0.1) is 0 Å². The van der Waals surface area contributed by atoms with Gasteiger partial charge in [-0.2, -0.15) is 13.2 Å². The van der Waals surface area contributed by atoms with Crippen LogP contribution in [0.5, 0.6) is 11.5 Å². The summed E-state index contributed by atoms with van der Waals surface area (Å²) in [5, 5.41) is 10.0. The number of amides is 2. The van der Waals surface area contributed by atoms with E-state index in [0.29, 0.717) is 5.75 Å². The molecule has 1 heterocycles. The largest absolute Gasteiger partial charge is 0.507 e. The number of phenolic OH excluding ortho intramolecular Hbond substituents is 1. The van der Waals surface area contributed by atoms with E-state index >= 15 is 0 Å². The van der Waals surface area contributed by atoms with Crippen molar-refractivity contribution < 1.29 is 32.6 Å². The van der Waals surface area contributed by atoms with Crippen LogP contribution in [-0.2, 0) is 6.18 Å². The second-order valence-electron chi connectivity index (χ2n) is 6.55. The molecule has 0 saturated carbocycles. The molecule has 1 aliphatic heterocycles. The van der Waals surface area contributed by atoms with Gasteiger partial charge in [0.15, 0.2) is 0 Å². The second-order valence-corrected chi connectivity index (χ2v) is 6.55. The quantitative estimate of drug-likeness (QED) is 0.848. The van der Waals surface area contributed by atoms with E-state index in [4.69, 9.17) is 4.74 Å². The third kappa shape index (κ3) is 4.44. The summed E-state index contributed by atoms with van der Waals surface area (Å²) in [6.45, 7) is 0.763. The second kappa shape index (κ2) is 8.02. The highest BCUT2D eigenvalue weighted by molar-refractivity contribution is 5.98. The van der Waals surface area contributed by atoms with Gasteiger partial charge < -0.3 is 19.6 Å². The van der Waals surface area contributed by atoms with Crippen molar-refractivity contribution in [2.75, 3.05) is 33.3 Å². The minimum Gasteiger partial charge on any atom is -0.507 e. The summed E-state index contributed by atoms with van der Waals surface area (Å²) in [4.78, 5) is 28.1. The first-order valence-electron chi connectivity index (χ1n) is 8.83. The number of benzene rings is 2. The molecule has 2 aromatic carbocycles. The van der Waals surface area contributed by atoms with Crippen molar-refractivity contribution in [1.29, 1.82) is 0 Å². The maximum atomic E-state index is 12.9. The van der Waals surface area contributed by atoms with Gasteiger partial charge in [-0.3, -0.25) is 9.59 Å². The summed E-state index contributed by atoms with van der Waals surface area (Å²) in [6, 6.07) is 8.62. The van der Waals surface area contributed by atoms with Gasteiger partial charge in [0.1, 0.15) is 11.5 Å². The number of nitrogens with zero attached hydrogens (tertiary/aromatic N) is 2. The Bertz CT molecular complexity index is 922. The molecule has 0 atom stereocenters. The van der Waals surface area contributed by atoms with Crippen molar-refractivity contribution in [3.8, 4) is 11.5 Å². The normalized spacial score (nSPS) is 14.6. The molecule has 9 heteroatoms. The average Bonchev–Trinajstić information content (AvgIpc) is 2.72. The zero-order valence-corrected chi connectivity index (χ0v) is 15.6. The van der Waals surface area contributed by atoms with E-state index in [2.05, 4.69) is 0 Å². The van der Waals surface area contributed by atoms with Crippen LogP contribution in [0, 0.1) is 0 Å². The van der Waals surface area contributed by atoms with Crippen LogP contribution >= 0.6 is 0 Å². The summed E-state index contributed by atoms with van der Waals surface area (Å²) in [7, 11) is 1.44. The Morgan fingerprint density at radius 3 is 2.14 bits per heavy atom. The number of hydrogen-bond acceptors (Lipinski definition) is 4. The van der Waals surface area contributed by atoms with Crippen LogP contribution in [-0.4, -0.2) is 60.0 Å². The first-order chi connectivity index (χ1) is 13.7. The van der Waals surface area contributed by atoms with E-state index in [1.807, 2.05) is 0 Å². The SMILES string of the molecule is COc1ccc(C(=O)N2CCN(C(=O)c3cccc(C(F)(F)F)c3)CC2)c(O)c1. The number of phenols is 1. The fraction of sp³-hybridized carbons (Fsp3) is 0.300. The predicted molar refractivity (Wildman–Crippen MR) is 97.9 cm³/mol. The van der Waals surface area contributed by atoms with Gasteiger partial charge in [0.25, 0.3) is 11.8 Å². The zero-order valence-electron chi connectivity index (χ0n) is 15.6. The number of aromatic hydroxyl groups is 1. The standard InChI is InChI=1S/C20H19F3N2O4/c1-29-15-5-6-16(17(26)12-15)19(28)25-9-7-24(8-10-25)18(27)13-3-2-4-14(11-13)20(21,22)23/h2-6,11-12,26H,7-10H2,1H3. The lowest BCUT2D eigenvalue weighted by molar-refractivity contribution is -0.137. The molecule has 1 saturated heterocycles. The molecule has 2 aromatic rings. The van der Waals surface area contributed by atoms with Gasteiger partial charge in [0, 0.05) is 37.8 Å². The highest BCUT2D eigenvalue weighted by Crippen LogP contribution is 2.30. The average molecular weight is 408 g/mol. The number of carbonyl (C=O) groups excluding carboxylic acids is 2. The van der Waals surface area contributed by atoms with E-state index in [1.54, 1.807) is 6.07 Å². The van der Waals surface area contributed by atoms with Gasteiger partial charge in [-0.1, -0.05) is 6.07 Å². The minimum absolute atomic E-state index is 0.0487. The number of piperazine rings is 1. The van der Waals surface area contributed by atoms with Crippen LogP contribution in [0.3, 0.4) is 0 Å². The van der Waals surface area contributed by atoms with Gasteiger partial charge in [0.2, 0.25) is 0 Å². The molecule has 1 aliphatic rings. The lowest BCUT2D eigenvalue weighted by Crippen LogP contribution is -2.50. The van der Waals surface area contributed by atoms with Crippen LogP contribution in [0.2, 0.25) is 0 Å². The number of hydrogen-bond donors (Lipinski definition) is 1. The number of rotatable bonds is 3. The number of ether oxygens (including phenoxy) is 1. The number of alkyl halides is 3. The smallest absolute Gasteiger partial charge is 0.416 e. The van der Waals surface area contributed by atoms with Crippen LogP contribution in [0.4, 0.5) is 13.2 Å². The summed E-state index contributed by atoms with van der Waals surface area (Å²) in [6.07, 6.45) is -4.53. The Balaban J connectivity index is 1.66. The first-order valence-corrected chi connectivity index (χ1v) is 8.83. The molecular weight excluding hydrogens is 389 g/mol. The highest BCUT2D eigenvalue weighted by Gasteiger charge is 2.32. The summed E-state index contributed by atoms with van der Waals surface area (Å²) in [5.41, 5.74) is -0.817. The Hall–Kier alpha value is -3.23. The fourth-order valence-electron chi connectivity index (χ4n) is 3.11. The topological polar surface area (TPSA) is 70.1 Å². The first kappa shape index (κ1) is 20.5. The molecule has 6 nitrogen and oxygen atoms in total. The van der Waals surface area contributed by atoms with Crippen molar-refractivity contribution in [3.05, 3.63) is 59.2 Å². The van der Waals surface area contributed by atoms with E-state index in [1.165, 1.54) is 41.2 Å². The molecule has 0 aromatic heterocycles. The van der Waals surface area contributed by atoms with Gasteiger partial charge in [0.05, 0.1) is 18.2 Å². The Kier molecular flexibility index (Phi) is 5.67. The monoisotopic (exact) mass is 408 g/mol. The maximum Gasteiger partial charge on any atom is 0.416 e. The Morgan fingerprint density at radius 2 is 1.59 bits per heavy atom. The maximum absolute atomic E-state index is 12.9. The molecular formula is C20H19F3N2O4. The number of halogens is 3. The van der Waals surface area contributed by atoms with Gasteiger partial charge in [-0.05, 0) is 30.3 Å². The molecule has 3 rings (SSSR count). The van der Waals surface area contributed by atoms with Crippen molar-refractivity contribution in [2.24, 2.45) is 0 Å². The fourth-order valence-corrected chi connectivity index (χ4v) is 3.11. The Morgan fingerprint density at radius 1 is 0.966 bits per heavy atom. The molecule has 0 bridgehead atoms. The number of carbonyl (C=O) groups is 2. The number of methoxy groups -OCH3 is 1. The molecule has 2 amide bonds. The Labute approximate surface area is 165 Å². The van der Waals surface area contributed by atoms with Crippen LogP contribution in [0.15, 0.2) is 42.5 Å². The predicted octanol–water partition coefficient (Wildman–Crippen LogP) is 3.02. The van der Waals surface area contributed by atoms with Crippen molar-refractivity contribution in [1.82, 2.24) is 9.80 Å². The molecule has 0 spiro atoms. The molecule has 0 radical (unpaired) electrons. The minimum atomic E-state index is -4.53. The zero-order chi connectivity index (χ0) is 21.2. The lowest BCUT2D eigenvalue weighted by atomic mass is 10.1. The molecule has 1 N–H and O–H groups in total. The van der Waals surface area contributed by atoms with Gasteiger partial charge in [-0.25, -0.2) is 0 Å². The van der Waals surface area contributed by atoms with Crippen molar-refractivity contribution >= 4 is 11.8 Å². The molecule has 0 aliphatic carbocycles. The molecule has 1 fully saturated rings. The lowest BCUT2D eigenvalue weighted by Gasteiger charge is -2.35. The summed E-state index contributed by atoms with van der Waals surface area (Å²) < 4.78 is 43.6. The van der Waals surface area contributed by atoms with E-state index in [0.717, 1.165) is 12.1 Å². The molecule has 29 heavy (non-hydrogen) atoms. The van der Waals surface area contributed by atoms with E-state index < -0.39 is 23.6 Å². The molecule has 0 unspecified atom stereocenters. The molecule has 154 valence electrons. The third-order valence-electron chi connectivity index (χ3n) is 4.73.